The third-order valence-corrected chi connectivity index (χ3v) is 7.06. The van der Waals surface area contributed by atoms with Crippen molar-refractivity contribution in [1.82, 2.24) is 10.4 Å². The minimum absolute atomic E-state index is 0.00618. The molecule has 1 aromatic heterocycles. The predicted octanol–water partition coefficient (Wildman–Crippen LogP) is 5.07. The van der Waals surface area contributed by atoms with Crippen molar-refractivity contribution >= 4 is 45.5 Å². The average molecular weight is 584 g/mol. The molecule has 0 saturated heterocycles. The Hall–Kier alpha value is -3.79. The van der Waals surface area contributed by atoms with E-state index in [2.05, 4.69) is 31.4 Å². The molecule has 0 fully saturated rings. The molecule has 0 radical (unpaired) electrons. The fourth-order valence-corrected chi connectivity index (χ4v) is 4.44. The third kappa shape index (κ3) is 7.36. The first kappa shape index (κ1) is 27.8. The largest absolute Gasteiger partial charge is 0.467 e. The van der Waals surface area contributed by atoms with Crippen LogP contribution in [0.15, 0.2) is 61.8 Å². The first-order chi connectivity index (χ1) is 17.7. The number of pyridine rings is 1. The number of hydrogen-bond acceptors (Lipinski definition) is 9. The highest BCUT2D eigenvalue weighted by Crippen LogP contribution is 2.35. The number of hydrazone groups is 1. The summed E-state index contributed by atoms with van der Waals surface area (Å²) >= 11 is 4.68. The van der Waals surface area contributed by atoms with Gasteiger partial charge in [0.05, 0.1) is 28.3 Å². The predicted molar refractivity (Wildman–Crippen MR) is 142 cm³/mol. The van der Waals surface area contributed by atoms with E-state index in [1.165, 1.54) is 31.2 Å². The van der Waals surface area contributed by atoms with Crippen LogP contribution in [0.3, 0.4) is 0 Å². The second-order valence-corrected chi connectivity index (χ2v) is 9.60. The number of nitrogens with one attached hydrogen (secondary N) is 1. The number of amides is 1. The highest BCUT2D eigenvalue weighted by molar-refractivity contribution is 9.10. The number of aromatic nitrogens is 1. The number of carbonyl (C=O) groups is 1. The van der Waals surface area contributed by atoms with E-state index < -0.39 is 17.4 Å². The first-order valence-corrected chi connectivity index (χ1v) is 12.4. The Morgan fingerprint density at radius 3 is 2.68 bits per heavy atom. The third-order valence-electron chi connectivity index (χ3n) is 4.94. The van der Waals surface area contributed by atoms with Gasteiger partial charge >= 0.3 is 0 Å². The number of hydrogen-bond donors (Lipinski definition) is 1. The number of halogens is 1. The first-order valence-electron chi connectivity index (χ1n) is 10.8. The van der Waals surface area contributed by atoms with Crippen molar-refractivity contribution in [2.45, 2.75) is 30.2 Å². The van der Waals surface area contributed by atoms with E-state index in [4.69, 9.17) is 9.47 Å². The van der Waals surface area contributed by atoms with Crippen molar-refractivity contribution in [1.29, 1.82) is 5.26 Å². The SMILES string of the molecule is COCc1c(Br)c(C)nc(OCC(=O)N/N=C/c2ccc(Sc3ccc(C)cc3)c([N+](=O)[O-])c2)c1C#N. The van der Waals surface area contributed by atoms with Crippen LogP contribution in [0, 0.1) is 35.3 Å². The Labute approximate surface area is 226 Å². The van der Waals surface area contributed by atoms with Gasteiger partial charge in [0.25, 0.3) is 11.6 Å². The van der Waals surface area contributed by atoms with Crippen molar-refractivity contribution in [3.8, 4) is 11.9 Å². The van der Waals surface area contributed by atoms with Crippen LogP contribution in [-0.4, -0.2) is 35.7 Å². The number of ether oxygens (including phenoxy) is 2. The molecule has 0 aliphatic carbocycles. The number of nitrogens with zero attached hydrogens (tertiary/aromatic N) is 4. The molecule has 1 N–H and O–H groups in total. The lowest BCUT2D eigenvalue weighted by atomic mass is 10.1. The van der Waals surface area contributed by atoms with Crippen LogP contribution in [0.1, 0.15) is 27.9 Å². The highest BCUT2D eigenvalue weighted by atomic mass is 79.9. The topological polar surface area (TPSA) is 140 Å². The molecule has 12 heteroatoms. The van der Waals surface area contributed by atoms with Gasteiger partial charge in [0.15, 0.2) is 6.61 Å². The normalized spacial score (nSPS) is 10.8. The molecule has 0 spiro atoms. The summed E-state index contributed by atoms with van der Waals surface area (Å²) in [7, 11) is 1.50. The van der Waals surface area contributed by atoms with E-state index in [0.717, 1.165) is 10.5 Å². The fraction of sp³-hybridized carbons (Fsp3) is 0.200. The van der Waals surface area contributed by atoms with Gasteiger partial charge in [-0.25, -0.2) is 10.4 Å². The Morgan fingerprint density at radius 1 is 1.30 bits per heavy atom. The zero-order valence-corrected chi connectivity index (χ0v) is 22.6. The van der Waals surface area contributed by atoms with E-state index in [0.29, 0.717) is 26.2 Å². The maximum Gasteiger partial charge on any atom is 0.283 e. The second kappa shape index (κ2) is 13.0. The van der Waals surface area contributed by atoms with Crippen molar-refractivity contribution in [2.24, 2.45) is 5.10 Å². The molecule has 1 heterocycles. The summed E-state index contributed by atoms with van der Waals surface area (Å²) in [5, 5.41) is 25.0. The molecule has 0 unspecified atom stereocenters. The van der Waals surface area contributed by atoms with E-state index >= 15 is 0 Å². The van der Waals surface area contributed by atoms with Crippen molar-refractivity contribution in [2.75, 3.05) is 13.7 Å². The molecule has 10 nitrogen and oxygen atoms in total. The lowest BCUT2D eigenvalue weighted by Gasteiger charge is -2.13. The van der Waals surface area contributed by atoms with Gasteiger partial charge in [-0.2, -0.15) is 10.4 Å². The summed E-state index contributed by atoms with van der Waals surface area (Å²) in [5.41, 5.74) is 5.06. The molecule has 3 rings (SSSR count). The number of nitro benzene ring substituents is 1. The zero-order valence-electron chi connectivity index (χ0n) is 20.1. The van der Waals surface area contributed by atoms with Gasteiger partial charge in [-0.3, -0.25) is 14.9 Å². The number of benzene rings is 2. The lowest BCUT2D eigenvalue weighted by Crippen LogP contribution is -2.25. The van der Waals surface area contributed by atoms with Gasteiger partial charge in [-0.1, -0.05) is 35.5 Å². The molecule has 0 saturated carbocycles. The summed E-state index contributed by atoms with van der Waals surface area (Å²) in [6, 6.07) is 14.4. The zero-order chi connectivity index (χ0) is 26.9. The lowest BCUT2D eigenvalue weighted by molar-refractivity contribution is -0.387. The van der Waals surface area contributed by atoms with Crippen LogP contribution in [0.25, 0.3) is 0 Å². The summed E-state index contributed by atoms with van der Waals surface area (Å²) in [5.74, 6) is -0.594. The van der Waals surface area contributed by atoms with Crippen LogP contribution in [0.2, 0.25) is 0 Å². The Bertz CT molecular complexity index is 1390. The van der Waals surface area contributed by atoms with E-state index in [-0.39, 0.29) is 23.7 Å². The summed E-state index contributed by atoms with van der Waals surface area (Å²) in [6.45, 7) is 3.41. The van der Waals surface area contributed by atoms with E-state index in [1.54, 1.807) is 19.1 Å². The molecule has 0 aliphatic rings. The van der Waals surface area contributed by atoms with Crippen LogP contribution in [0.4, 0.5) is 5.69 Å². The van der Waals surface area contributed by atoms with Crippen LogP contribution in [-0.2, 0) is 16.1 Å². The van der Waals surface area contributed by atoms with Gasteiger partial charge in [-0.05, 0) is 48.0 Å². The number of nitriles is 1. The molecule has 0 bridgehead atoms. The molecule has 1 amide bonds. The van der Waals surface area contributed by atoms with Crippen molar-refractivity contribution < 1.29 is 19.2 Å². The van der Waals surface area contributed by atoms with E-state index in [9.17, 15) is 20.2 Å². The molecular weight excluding hydrogens is 562 g/mol. The molecule has 0 atom stereocenters. The molecular formula is C25H22BrN5O5S. The number of methoxy groups -OCH3 is 1. The van der Waals surface area contributed by atoms with Crippen LogP contribution >= 0.6 is 27.7 Å². The van der Waals surface area contributed by atoms with Gasteiger partial charge < -0.3 is 9.47 Å². The molecule has 37 heavy (non-hydrogen) atoms. The molecule has 3 aromatic rings. The molecule has 0 aliphatic heterocycles. The Balaban J connectivity index is 1.65. The van der Waals surface area contributed by atoms with Gasteiger partial charge in [0, 0.05) is 33.7 Å². The van der Waals surface area contributed by atoms with Crippen molar-refractivity contribution in [3.63, 3.8) is 0 Å². The maximum atomic E-state index is 12.2. The maximum absolute atomic E-state index is 12.2. The van der Waals surface area contributed by atoms with Gasteiger partial charge in [0.1, 0.15) is 11.6 Å². The Kier molecular flexibility index (Phi) is 9.73. The Morgan fingerprint density at radius 2 is 2.03 bits per heavy atom. The number of aryl methyl sites for hydroxylation is 2. The quantitative estimate of drug-likeness (QED) is 0.198. The molecule has 190 valence electrons. The summed E-state index contributed by atoms with van der Waals surface area (Å²) in [6.07, 6.45) is 1.30. The fourth-order valence-electron chi connectivity index (χ4n) is 3.14. The standard InChI is InChI=1S/C25H22BrN5O5S/c1-15-4-7-18(8-5-15)37-22-9-6-17(10-21(22)31(33)34)12-28-30-23(32)14-36-25-19(11-27)20(13-35-3)24(26)16(2)29-25/h4-10,12H,13-14H2,1-3H3,(H,30,32)/b28-12+. The smallest absolute Gasteiger partial charge is 0.283 e. The number of rotatable bonds is 10. The number of nitro groups is 1. The van der Waals surface area contributed by atoms with Gasteiger partial charge in [-0.15, -0.1) is 0 Å². The minimum atomic E-state index is -0.600. The monoisotopic (exact) mass is 583 g/mol. The van der Waals surface area contributed by atoms with Crippen LogP contribution in [0.5, 0.6) is 5.88 Å². The van der Waals surface area contributed by atoms with Crippen LogP contribution < -0.4 is 10.2 Å². The average Bonchev–Trinajstić information content (AvgIpc) is 2.87. The van der Waals surface area contributed by atoms with E-state index in [1.807, 2.05) is 37.3 Å². The molecule has 2 aromatic carbocycles. The van der Waals surface area contributed by atoms with Gasteiger partial charge in [0.2, 0.25) is 5.88 Å². The highest BCUT2D eigenvalue weighted by Gasteiger charge is 2.19. The minimum Gasteiger partial charge on any atom is -0.467 e. The summed E-state index contributed by atoms with van der Waals surface area (Å²) < 4.78 is 11.2. The summed E-state index contributed by atoms with van der Waals surface area (Å²) in [4.78, 5) is 29.0. The second-order valence-electron chi connectivity index (χ2n) is 7.70. The number of carbonyl (C=O) groups excluding carboxylic acids is 1. The van der Waals surface area contributed by atoms with Crippen molar-refractivity contribution in [3.05, 3.63) is 85.0 Å².